The highest BCUT2D eigenvalue weighted by Crippen LogP contribution is 2.59. The van der Waals surface area contributed by atoms with Gasteiger partial charge in [-0.1, -0.05) is 23.7 Å². The molecule has 3 nitrogen and oxygen atoms in total. The van der Waals surface area contributed by atoms with Crippen LogP contribution in [0, 0.1) is 5.41 Å². The lowest BCUT2D eigenvalue weighted by atomic mass is 10.0. The molecule has 0 bridgehead atoms. The summed E-state index contributed by atoms with van der Waals surface area (Å²) < 4.78 is 0. The lowest BCUT2D eigenvalue weighted by molar-refractivity contribution is -0.145. The number of hydrogen-bond donors (Lipinski definition) is 2. The Morgan fingerprint density at radius 1 is 1.47 bits per heavy atom. The number of rotatable bonds is 3. The van der Waals surface area contributed by atoms with Crippen molar-refractivity contribution in [2.75, 3.05) is 6.61 Å². The first kappa shape index (κ1) is 10.5. The van der Waals surface area contributed by atoms with E-state index < -0.39 is 11.4 Å². The SMILES string of the molecule is O=C(O)C1(CO)CC1c1ccc(Cl)cc1. The number of benzene rings is 1. The maximum absolute atomic E-state index is 11.0. The van der Waals surface area contributed by atoms with Crippen LogP contribution in [-0.2, 0) is 4.79 Å². The van der Waals surface area contributed by atoms with Crippen LogP contribution >= 0.6 is 11.6 Å². The fourth-order valence-corrected chi connectivity index (χ4v) is 2.04. The summed E-state index contributed by atoms with van der Waals surface area (Å²) in [5, 5.41) is 18.7. The molecule has 1 aliphatic rings. The molecule has 2 N–H and O–H groups in total. The molecule has 1 aromatic carbocycles. The number of carboxylic acid groups (broad SMARTS) is 1. The minimum absolute atomic E-state index is 0.0859. The van der Waals surface area contributed by atoms with Gasteiger partial charge >= 0.3 is 5.97 Å². The van der Waals surface area contributed by atoms with Crippen LogP contribution in [0.2, 0.25) is 5.02 Å². The van der Waals surface area contributed by atoms with Crippen LogP contribution in [0.4, 0.5) is 0 Å². The van der Waals surface area contributed by atoms with E-state index in [4.69, 9.17) is 21.8 Å². The average Bonchev–Trinajstić information content (AvgIpc) is 2.95. The first-order valence-corrected chi connectivity index (χ1v) is 5.07. The zero-order valence-electron chi connectivity index (χ0n) is 7.98. The van der Waals surface area contributed by atoms with Crippen molar-refractivity contribution in [1.29, 1.82) is 0 Å². The number of aliphatic hydroxyl groups is 1. The quantitative estimate of drug-likeness (QED) is 0.828. The van der Waals surface area contributed by atoms with Crippen LogP contribution in [0.3, 0.4) is 0 Å². The standard InChI is InChI=1S/C11H11ClO3/c12-8-3-1-7(2-4-8)9-5-11(9,6-13)10(14)15/h1-4,9,13H,5-6H2,(H,14,15). The van der Waals surface area contributed by atoms with E-state index in [9.17, 15) is 4.79 Å². The van der Waals surface area contributed by atoms with Crippen LogP contribution in [-0.4, -0.2) is 22.8 Å². The fourth-order valence-electron chi connectivity index (χ4n) is 1.92. The predicted molar refractivity (Wildman–Crippen MR) is 56.0 cm³/mol. The van der Waals surface area contributed by atoms with Crippen molar-refractivity contribution in [1.82, 2.24) is 0 Å². The average molecular weight is 227 g/mol. The Kier molecular flexibility index (Phi) is 2.44. The second-order valence-electron chi connectivity index (χ2n) is 3.93. The molecule has 0 aromatic heterocycles. The van der Waals surface area contributed by atoms with Crippen molar-refractivity contribution in [3.05, 3.63) is 34.9 Å². The molecular weight excluding hydrogens is 216 g/mol. The van der Waals surface area contributed by atoms with Crippen molar-refractivity contribution < 1.29 is 15.0 Å². The molecule has 0 radical (unpaired) electrons. The summed E-state index contributed by atoms with van der Waals surface area (Å²) in [6.45, 7) is -0.310. The lowest BCUT2D eigenvalue weighted by Crippen LogP contribution is -2.21. The third kappa shape index (κ3) is 1.62. The molecule has 0 heterocycles. The van der Waals surface area contributed by atoms with Crippen LogP contribution < -0.4 is 0 Å². The van der Waals surface area contributed by atoms with E-state index in [0.29, 0.717) is 11.4 Å². The van der Waals surface area contributed by atoms with E-state index in [1.165, 1.54) is 0 Å². The van der Waals surface area contributed by atoms with Gasteiger partial charge in [-0.15, -0.1) is 0 Å². The van der Waals surface area contributed by atoms with Gasteiger partial charge in [-0.3, -0.25) is 4.79 Å². The molecule has 2 atom stereocenters. The Labute approximate surface area is 92.3 Å². The zero-order valence-corrected chi connectivity index (χ0v) is 8.74. The molecule has 1 fully saturated rings. The van der Waals surface area contributed by atoms with Crippen molar-refractivity contribution in [3.63, 3.8) is 0 Å². The Morgan fingerprint density at radius 3 is 2.47 bits per heavy atom. The first-order valence-electron chi connectivity index (χ1n) is 4.70. The Balaban J connectivity index is 2.22. The summed E-state index contributed by atoms with van der Waals surface area (Å²) in [5.74, 6) is -1.01. The summed E-state index contributed by atoms with van der Waals surface area (Å²) in [7, 11) is 0. The second-order valence-corrected chi connectivity index (χ2v) is 4.36. The summed E-state index contributed by atoms with van der Waals surface area (Å²) in [6, 6.07) is 7.10. The first-order chi connectivity index (χ1) is 7.10. The van der Waals surface area contributed by atoms with Crippen molar-refractivity contribution in [3.8, 4) is 0 Å². The van der Waals surface area contributed by atoms with Gasteiger partial charge in [-0.05, 0) is 24.1 Å². The molecule has 1 aliphatic carbocycles. The Bertz CT molecular complexity index is 387. The molecule has 2 unspecified atom stereocenters. The van der Waals surface area contributed by atoms with Gasteiger partial charge in [0, 0.05) is 10.9 Å². The summed E-state index contributed by atoms with van der Waals surface area (Å²) >= 11 is 5.74. The van der Waals surface area contributed by atoms with E-state index in [1.807, 2.05) is 12.1 Å². The summed E-state index contributed by atoms with van der Waals surface area (Å²) in [5.41, 5.74) is -0.0377. The highest BCUT2D eigenvalue weighted by Gasteiger charge is 2.60. The molecular formula is C11H11ClO3. The molecule has 0 spiro atoms. The van der Waals surface area contributed by atoms with Gasteiger partial charge in [0.15, 0.2) is 0 Å². The Hall–Kier alpha value is -1.06. The third-order valence-corrected chi connectivity index (χ3v) is 3.31. The zero-order chi connectivity index (χ0) is 11.1. The van der Waals surface area contributed by atoms with Gasteiger partial charge < -0.3 is 10.2 Å². The van der Waals surface area contributed by atoms with E-state index in [0.717, 1.165) is 5.56 Å². The van der Waals surface area contributed by atoms with Crippen molar-refractivity contribution in [2.45, 2.75) is 12.3 Å². The van der Waals surface area contributed by atoms with Crippen LogP contribution in [0.5, 0.6) is 0 Å². The number of aliphatic hydroxyl groups excluding tert-OH is 1. The number of carbonyl (C=O) groups is 1. The van der Waals surface area contributed by atoms with Gasteiger partial charge in [-0.25, -0.2) is 0 Å². The monoisotopic (exact) mass is 226 g/mol. The van der Waals surface area contributed by atoms with Crippen LogP contribution in [0.1, 0.15) is 17.9 Å². The normalized spacial score (nSPS) is 28.8. The van der Waals surface area contributed by atoms with E-state index >= 15 is 0 Å². The van der Waals surface area contributed by atoms with Gasteiger partial charge in [0.25, 0.3) is 0 Å². The molecule has 80 valence electrons. The van der Waals surface area contributed by atoms with Crippen LogP contribution in [0.15, 0.2) is 24.3 Å². The lowest BCUT2D eigenvalue weighted by Gasteiger charge is -2.08. The highest BCUT2D eigenvalue weighted by atomic mass is 35.5. The van der Waals surface area contributed by atoms with E-state index in [-0.39, 0.29) is 12.5 Å². The number of hydrogen-bond acceptors (Lipinski definition) is 2. The third-order valence-electron chi connectivity index (χ3n) is 3.06. The molecule has 2 rings (SSSR count). The van der Waals surface area contributed by atoms with Gasteiger partial charge in [0.05, 0.1) is 12.0 Å². The topological polar surface area (TPSA) is 57.5 Å². The highest BCUT2D eigenvalue weighted by molar-refractivity contribution is 6.30. The molecule has 1 saturated carbocycles. The van der Waals surface area contributed by atoms with Gasteiger partial charge in [-0.2, -0.15) is 0 Å². The van der Waals surface area contributed by atoms with E-state index in [1.54, 1.807) is 12.1 Å². The number of halogens is 1. The molecule has 15 heavy (non-hydrogen) atoms. The van der Waals surface area contributed by atoms with Crippen molar-refractivity contribution >= 4 is 17.6 Å². The minimum atomic E-state index is -0.964. The maximum atomic E-state index is 11.0. The summed E-state index contributed by atoms with van der Waals surface area (Å²) in [4.78, 5) is 11.0. The molecule has 0 saturated heterocycles. The molecule has 0 amide bonds. The largest absolute Gasteiger partial charge is 0.481 e. The smallest absolute Gasteiger partial charge is 0.312 e. The Morgan fingerprint density at radius 2 is 2.07 bits per heavy atom. The van der Waals surface area contributed by atoms with Crippen LogP contribution in [0.25, 0.3) is 0 Å². The van der Waals surface area contributed by atoms with Crippen molar-refractivity contribution in [2.24, 2.45) is 5.41 Å². The maximum Gasteiger partial charge on any atom is 0.312 e. The minimum Gasteiger partial charge on any atom is -0.481 e. The number of carboxylic acids is 1. The van der Waals surface area contributed by atoms with Gasteiger partial charge in [0.1, 0.15) is 0 Å². The summed E-state index contributed by atoms with van der Waals surface area (Å²) in [6.07, 6.45) is 0.500. The van der Waals surface area contributed by atoms with Gasteiger partial charge in [0.2, 0.25) is 0 Å². The predicted octanol–water partition coefficient (Wildman–Crippen LogP) is 1.89. The molecule has 4 heteroatoms. The fraction of sp³-hybridized carbons (Fsp3) is 0.364. The molecule has 1 aromatic rings. The second kappa shape index (κ2) is 3.51. The van der Waals surface area contributed by atoms with E-state index in [2.05, 4.69) is 0 Å². The number of aliphatic carboxylic acids is 1. The molecule has 0 aliphatic heterocycles.